The van der Waals surface area contributed by atoms with Gasteiger partial charge in [0.05, 0.1) is 0 Å². The molecule has 1 atom stereocenters. The van der Waals surface area contributed by atoms with Gasteiger partial charge in [0.2, 0.25) is 0 Å². The van der Waals surface area contributed by atoms with E-state index in [0.717, 1.165) is 0 Å². The van der Waals surface area contributed by atoms with E-state index in [1.54, 1.807) is 0 Å². The molecular formula is C4H10NP. The Morgan fingerprint density at radius 2 is 2.50 bits per heavy atom. The summed E-state index contributed by atoms with van der Waals surface area (Å²) in [6.07, 6.45) is 4.14. The quantitative estimate of drug-likeness (QED) is 0.443. The first-order valence-corrected chi connectivity index (χ1v) is 3.83. The fraction of sp³-hybridized carbons (Fsp3) is 1.00. The normalized spacial score (nSPS) is 28.0. The van der Waals surface area contributed by atoms with Gasteiger partial charge in [-0.05, 0) is 19.1 Å². The summed E-state index contributed by atoms with van der Waals surface area (Å²) in [5.74, 6) is 0. The maximum atomic E-state index is 3.30. The fourth-order valence-electron chi connectivity index (χ4n) is 0.604. The van der Waals surface area contributed by atoms with Gasteiger partial charge < -0.3 is 5.32 Å². The predicted octanol–water partition coefficient (Wildman–Crippen LogP) is 0.616. The molecule has 0 aromatic rings. The Labute approximate surface area is 40.3 Å². The molecule has 0 aromatic carbocycles. The van der Waals surface area contributed by atoms with Crippen LogP contribution in [0.3, 0.4) is 0 Å². The molecule has 0 bridgehead atoms. The summed E-state index contributed by atoms with van der Waals surface area (Å²) < 4.78 is 0. The van der Waals surface area contributed by atoms with Crippen LogP contribution < -0.4 is 5.32 Å². The van der Waals surface area contributed by atoms with Crippen molar-refractivity contribution < 1.29 is 0 Å². The molecule has 1 nitrogen and oxygen atoms in total. The lowest BCUT2D eigenvalue weighted by atomic mass is 10.5. The second-order valence-corrected chi connectivity index (χ2v) is 2.88. The second-order valence-electron chi connectivity index (χ2n) is 1.53. The van der Waals surface area contributed by atoms with Crippen molar-refractivity contribution in [1.29, 1.82) is 0 Å². The molecule has 1 rings (SSSR count). The van der Waals surface area contributed by atoms with Gasteiger partial charge in [-0.25, -0.2) is 0 Å². The van der Waals surface area contributed by atoms with Crippen LogP contribution in [0.15, 0.2) is 0 Å². The van der Waals surface area contributed by atoms with E-state index in [9.17, 15) is 0 Å². The Kier molecular flexibility index (Phi) is 1.93. The number of hydrogen-bond donors (Lipinski definition) is 1. The maximum Gasteiger partial charge on any atom is 0.0127 e. The molecule has 1 aliphatic heterocycles. The van der Waals surface area contributed by atoms with Gasteiger partial charge in [0.1, 0.15) is 0 Å². The van der Waals surface area contributed by atoms with Gasteiger partial charge in [0.25, 0.3) is 0 Å². The monoisotopic (exact) mass is 103 g/mol. The first-order chi connectivity index (χ1) is 3.00. The van der Waals surface area contributed by atoms with Crippen molar-refractivity contribution in [3.8, 4) is 0 Å². The maximum absolute atomic E-state index is 3.30. The molecule has 1 saturated heterocycles. The molecule has 0 aromatic heterocycles. The van der Waals surface area contributed by atoms with Crippen LogP contribution in [0.25, 0.3) is 0 Å². The van der Waals surface area contributed by atoms with Gasteiger partial charge in [0.15, 0.2) is 0 Å². The highest BCUT2D eigenvalue weighted by molar-refractivity contribution is 7.37. The first kappa shape index (κ1) is 4.55. The van der Waals surface area contributed by atoms with Crippen molar-refractivity contribution >= 4 is 8.58 Å². The van der Waals surface area contributed by atoms with Crippen LogP contribution in [0.4, 0.5) is 0 Å². The molecule has 2 heteroatoms. The largest absolute Gasteiger partial charge is 0.313 e. The molecule has 0 spiro atoms. The summed E-state index contributed by atoms with van der Waals surface area (Å²) >= 11 is 0. The van der Waals surface area contributed by atoms with E-state index >= 15 is 0 Å². The van der Waals surface area contributed by atoms with Crippen LogP contribution >= 0.6 is 8.58 Å². The van der Waals surface area contributed by atoms with Crippen LogP contribution in [0, 0.1) is 0 Å². The Hall–Kier alpha value is 0.390. The Bertz CT molecular complexity index is 23.0. The molecule has 0 aliphatic carbocycles. The van der Waals surface area contributed by atoms with Crippen molar-refractivity contribution in [3.05, 3.63) is 0 Å². The Morgan fingerprint density at radius 1 is 1.50 bits per heavy atom. The van der Waals surface area contributed by atoms with Crippen LogP contribution in [-0.2, 0) is 0 Å². The van der Waals surface area contributed by atoms with E-state index in [2.05, 4.69) is 5.32 Å². The zero-order chi connectivity index (χ0) is 4.24. The molecule has 1 aliphatic rings. The Balaban J connectivity index is 2.00. The molecule has 1 heterocycles. The molecule has 0 amide bonds. The molecule has 0 saturated carbocycles. The van der Waals surface area contributed by atoms with Gasteiger partial charge >= 0.3 is 0 Å². The minimum absolute atomic E-state index is 1.19. The lowest BCUT2D eigenvalue weighted by Gasteiger charge is -2.09. The topological polar surface area (TPSA) is 12.0 Å². The van der Waals surface area contributed by atoms with Crippen molar-refractivity contribution in [2.24, 2.45) is 0 Å². The van der Waals surface area contributed by atoms with Crippen LogP contribution in [-0.4, -0.2) is 19.0 Å². The summed E-state index contributed by atoms with van der Waals surface area (Å²) in [7, 11) is 1.19. The molecular weight excluding hydrogens is 93.0 g/mol. The highest BCUT2D eigenvalue weighted by atomic mass is 31.1. The molecule has 1 N–H and O–H groups in total. The number of nitrogens with one attached hydrogen (secondary N) is 1. The molecule has 36 valence electrons. The molecule has 1 fully saturated rings. The third-order valence-corrected chi connectivity index (χ3v) is 2.16. The second kappa shape index (κ2) is 2.54. The predicted molar refractivity (Wildman–Crippen MR) is 30.7 cm³/mol. The highest BCUT2D eigenvalue weighted by Gasteiger charge is 1.93. The summed E-state index contributed by atoms with van der Waals surface area (Å²) in [6.45, 7) is 1.26. The van der Waals surface area contributed by atoms with Gasteiger partial charge in [-0.1, -0.05) is 0 Å². The lowest BCUT2D eigenvalue weighted by molar-refractivity contribution is 0.734. The van der Waals surface area contributed by atoms with Gasteiger partial charge in [-0.15, -0.1) is 8.58 Å². The van der Waals surface area contributed by atoms with Crippen molar-refractivity contribution in [2.75, 3.05) is 19.0 Å². The van der Waals surface area contributed by atoms with E-state index in [1.807, 2.05) is 0 Å². The summed E-state index contributed by atoms with van der Waals surface area (Å²) in [4.78, 5) is 0. The van der Waals surface area contributed by atoms with E-state index in [0.29, 0.717) is 0 Å². The van der Waals surface area contributed by atoms with Crippen molar-refractivity contribution in [3.63, 3.8) is 0 Å². The van der Waals surface area contributed by atoms with Crippen LogP contribution in [0.5, 0.6) is 0 Å². The van der Waals surface area contributed by atoms with E-state index in [-0.39, 0.29) is 0 Å². The SMILES string of the molecule is C1CNCPC1. The zero-order valence-electron chi connectivity index (χ0n) is 3.83. The van der Waals surface area contributed by atoms with Crippen molar-refractivity contribution in [1.82, 2.24) is 5.32 Å². The third kappa shape index (κ3) is 1.24. The third-order valence-electron chi connectivity index (χ3n) is 0.957. The molecule has 1 unspecified atom stereocenters. The summed E-state index contributed by atoms with van der Waals surface area (Å²) in [6, 6.07) is 0. The van der Waals surface area contributed by atoms with Gasteiger partial charge in [-0.3, -0.25) is 0 Å². The summed E-state index contributed by atoms with van der Waals surface area (Å²) in [5.41, 5.74) is 0. The molecule has 6 heavy (non-hydrogen) atoms. The van der Waals surface area contributed by atoms with Crippen LogP contribution in [0.2, 0.25) is 0 Å². The average Bonchev–Trinajstić information content (AvgIpc) is 1.72. The van der Waals surface area contributed by atoms with Crippen molar-refractivity contribution in [2.45, 2.75) is 6.42 Å². The van der Waals surface area contributed by atoms with E-state index in [1.165, 1.54) is 34.0 Å². The smallest absolute Gasteiger partial charge is 0.0127 e. The number of rotatable bonds is 0. The Morgan fingerprint density at radius 3 is 2.67 bits per heavy atom. The number of hydrogen-bond acceptors (Lipinski definition) is 1. The molecule has 0 radical (unpaired) electrons. The standard InChI is InChI=1S/C4H10NP/c1-2-5-4-6-3-1/h5-6H,1-4H2. The van der Waals surface area contributed by atoms with Gasteiger partial charge in [0, 0.05) is 6.29 Å². The highest BCUT2D eigenvalue weighted by Crippen LogP contribution is 2.11. The first-order valence-electron chi connectivity index (χ1n) is 2.41. The van der Waals surface area contributed by atoms with Gasteiger partial charge in [-0.2, -0.15) is 0 Å². The van der Waals surface area contributed by atoms with E-state index in [4.69, 9.17) is 0 Å². The minimum Gasteiger partial charge on any atom is -0.313 e. The fourth-order valence-corrected chi connectivity index (χ4v) is 1.56. The van der Waals surface area contributed by atoms with Crippen LogP contribution in [0.1, 0.15) is 6.42 Å². The van der Waals surface area contributed by atoms with E-state index < -0.39 is 0 Å². The summed E-state index contributed by atoms with van der Waals surface area (Å²) in [5, 5.41) is 3.30. The zero-order valence-corrected chi connectivity index (χ0v) is 4.83. The lowest BCUT2D eigenvalue weighted by Crippen LogP contribution is -2.18. The average molecular weight is 103 g/mol. The minimum atomic E-state index is 1.19.